The van der Waals surface area contributed by atoms with Crippen molar-refractivity contribution in [2.45, 2.75) is 0 Å². The highest BCUT2D eigenvalue weighted by Gasteiger charge is 2.11. The molecule has 2 rings (SSSR count). The Morgan fingerprint density at radius 1 is 1.17 bits per heavy atom. The second-order valence-electron chi connectivity index (χ2n) is 3.40. The van der Waals surface area contributed by atoms with Gasteiger partial charge in [-0.3, -0.25) is 0 Å². The van der Waals surface area contributed by atoms with E-state index in [1.54, 1.807) is 0 Å². The Hall–Kier alpha value is -2.37. The molecule has 2 aromatic rings. The summed E-state index contributed by atoms with van der Waals surface area (Å²) >= 11 is 0. The van der Waals surface area contributed by atoms with E-state index in [4.69, 9.17) is 15.2 Å². The number of anilines is 1. The number of hydrogen-bond acceptors (Lipinski definition) is 4. The molecule has 0 bridgehead atoms. The van der Waals surface area contributed by atoms with Gasteiger partial charge in [0.25, 0.3) is 0 Å². The monoisotopic (exact) mass is 252 g/mol. The summed E-state index contributed by atoms with van der Waals surface area (Å²) in [5.41, 5.74) is 5.89. The van der Waals surface area contributed by atoms with E-state index in [-0.39, 0.29) is 17.5 Å². The first-order chi connectivity index (χ1) is 8.61. The minimum atomic E-state index is -1.07. The van der Waals surface area contributed by atoms with Crippen LogP contribution in [0.2, 0.25) is 0 Å². The zero-order valence-electron chi connectivity index (χ0n) is 9.48. The number of aromatic nitrogens is 1. The molecule has 0 aliphatic heterocycles. The molecular formula is C12H10F2N2O2. The fourth-order valence-corrected chi connectivity index (χ4v) is 1.33. The van der Waals surface area contributed by atoms with Gasteiger partial charge in [-0.05, 0) is 18.2 Å². The van der Waals surface area contributed by atoms with Crippen LogP contribution in [0.4, 0.5) is 14.5 Å². The van der Waals surface area contributed by atoms with Gasteiger partial charge in [0.05, 0.1) is 12.8 Å². The van der Waals surface area contributed by atoms with E-state index in [1.807, 2.05) is 0 Å². The fourth-order valence-electron chi connectivity index (χ4n) is 1.33. The summed E-state index contributed by atoms with van der Waals surface area (Å²) in [6, 6.07) is 6.56. The van der Waals surface area contributed by atoms with Crippen molar-refractivity contribution in [3.05, 3.63) is 42.0 Å². The molecule has 0 atom stereocenters. The lowest BCUT2D eigenvalue weighted by atomic mass is 10.3. The maximum Gasteiger partial charge on any atom is 0.240 e. The first-order valence-electron chi connectivity index (χ1n) is 5.04. The number of pyridine rings is 1. The molecule has 0 saturated carbocycles. The van der Waals surface area contributed by atoms with Crippen LogP contribution in [-0.2, 0) is 0 Å². The van der Waals surface area contributed by atoms with Crippen molar-refractivity contribution < 1.29 is 18.3 Å². The normalized spacial score (nSPS) is 10.2. The van der Waals surface area contributed by atoms with Crippen molar-refractivity contribution in [1.82, 2.24) is 4.98 Å². The molecule has 94 valence electrons. The molecule has 0 aliphatic rings. The summed E-state index contributed by atoms with van der Waals surface area (Å²) in [5, 5.41) is 0. The van der Waals surface area contributed by atoms with Crippen LogP contribution in [0.1, 0.15) is 0 Å². The highest BCUT2D eigenvalue weighted by atomic mass is 19.2. The molecule has 2 N–H and O–H groups in total. The third-order valence-corrected chi connectivity index (χ3v) is 2.19. The standard InChI is InChI=1S/C12H10F2N2O2/c1-17-12-8(15)5-6-10(16-12)18-9-4-2-3-7(13)11(9)14/h2-6H,15H2,1H3. The second kappa shape index (κ2) is 4.87. The van der Waals surface area contributed by atoms with Crippen molar-refractivity contribution in [2.75, 3.05) is 12.8 Å². The number of hydrogen-bond donors (Lipinski definition) is 1. The summed E-state index contributed by atoms with van der Waals surface area (Å²) in [6.07, 6.45) is 0. The van der Waals surface area contributed by atoms with E-state index in [9.17, 15) is 8.78 Å². The van der Waals surface area contributed by atoms with E-state index >= 15 is 0 Å². The molecule has 1 aromatic heterocycles. The van der Waals surface area contributed by atoms with Gasteiger partial charge in [-0.1, -0.05) is 6.07 Å². The van der Waals surface area contributed by atoms with E-state index in [2.05, 4.69) is 4.98 Å². The molecule has 4 nitrogen and oxygen atoms in total. The highest BCUT2D eigenvalue weighted by Crippen LogP contribution is 2.27. The Morgan fingerprint density at radius 3 is 2.67 bits per heavy atom. The van der Waals surface area contributed by atoms with Crippen molar-refractivity contribution in [3.63, 3.8) is 0 Å². The lowest BCUT2D eigenvalue weighted by Gasteiger charge is -2.08. The van der Waals surface area contributed by atoms with Crippen LogP contribution >= 0.6 is 0 Å². The third-order valence-electron chi connectivity index (χ3n) is 2.19. The number of rotatable bonds is 3. The van der Waals surface area contributed by atoms with Crippen LogP contribution < -0.4 is 15.2 Å². The van der Waals surface area contributed by atoms with Gasteiger partial charge in [-0.25, -0.2) is 4.39 Å². The minimum absolute atomic E-state index is 0.0607. The Labute approximate surface area is 102 Å². The molecule has 0 saturated heterocycles. The SMILES string of the molecule is COc1nc(Oc2cccc(F)c2F)ccc1N. The molecule has 0 amide bonds. The predicted molar refractivity (Wildman–Crippen MR) is 61.6 cm³/mol. The lowest BCUT2D eigenvalue weighted by Crippen LogP contribution is -1.98. The highest BCUT2D eigenvalue weighted by molar-refractivity contribution is 5.49. The van der Waals surface area contributed by atoms with Crippen LogP contribution in [0.15, 0.2) is 30.3 Å². The van der Waals surface area contributed by atoms with Gasteiger partial charge < -0.3 is 15.2 Å². The topological polar surface area (TPSA) is 57.4 Å². The first-order valence-corrected chi connectivity index (χ1v) is 5.04. The van der Waals surface area contributed by atoms with Gasteiger partial charge in [0, 0.05) is 6.07 Å². The number of methoxy groups -OCH3 is 1. The summed E-state index contributed by atoms with van der Waals surface area (Å²) in [5.74, 6) is -2.10. The number of benzene rings is 1. The summed E-state index contributed by atoms with van der Waals surface area (Å²) in [6.45, 7) is 0. The smallest absolute Gasteiger partial charge is 0.240 e. The molecule has 0 fully saturated rings. The second-order valence-corrected chi connectivity index (χ2v) is 3.40. The van der Waals surface area contributed by atoms with Crippen LogP contribution in [-0.4, -0.2) is 12.1 Å². The minimum Gasteiger partial charge on any atom is -0.479 e. The van der Waals surface area contributed by atoms with E-state index in [0.717, 1.165) is 6.07 Å². The van der Waals surface area contributed by atoms with Gasteiger partial charge in [-0.2, -0.15) is 9.37 Å². The number of nitrogens with two attached hydrogens (primary N) is 1. The molecule has 6 heteroatoms. The Bertz CT molecular complexity index is 576. The molecule has 1 aromatic carbocycles. The number of nitrogen functional groups attached to an aromatic ring is 1. The zero-order chi connectivity index (χ0) is 13.1. The molecule has 18 heavy (non-hydrogen) atoms. The number of nitrogens with zero attached hydrogens (tertiary/aromatic N) is 1. The van der Waals surface area contributed by atoms with Crippen molar-refractivity contribution in [3.8, 4) is 17.5 Å². The Morgan fingerprint density at radius 2 is 1.94 bits per heavy atom. The largest absolute Gasteiger partial charge is 0.479 e. The molecule has 0 spiro atoms. The summed E-state index contributed by atoms with van der Waals surface area (Å²) in [7, 11) is 1.39. The fraction of sp³-hybridized carbons (Fsp3) is 0.0833. The average Bonchev–Trinajstić information content (AvgIpc) is 2.37. The molecule has 0 aliphatic carbocycles. The molecular weight excluding hydrogens is 242 g/mol. The van der Waals surface area contributed by atoms with Crippen LogP contribution in [0, 0.1) is 11.6 Å². The predicted octanol–water partition coefficient (Wildman–Crippen LogP) is 2.74. The third kappa shape index (κ3) is 2.32. The van der Waals surface area contributed by atoms with Gasteiger partial charge in [0.2, 0.25) is 17.6 Å². The quantitative estimate of drug-likeness (QED) is 0.912. The maximum atomic E-state index is 13.4. The van der Waals surface area contributed by atoms with Crippen LogP contribution in [0.3, 0.4) is 0 Å². The van der Waals surface area contributed by atoms with E-state index in [1.165, 1.54) is 31.4 Å². The molecule has 0 radical (unpaired) electrons. The van der Waals surface area contributed by atoms with Crippen LogP contribution in [0.25, 0.3) is 0 Å². The Balaban J connectivity index is 2.31. The molecule has 1 heterocycles. The summed E-state index contributed by atoms with van der Waals surface area (Å²) < 4.78 is 36.4. The Kier molecular flexibility index (Phi) is 3.27. The lowest BCUT2D eigenvalue weighted by molar-refractivity contribution is 0.375. The van der Waals surface area contributed by atoms with E-state index in [0.29, 0.717) is 5.69 Å². The number of ether oxygens (including phenoxy) is 2. The number of halogens is 2. The zero-order valence-corrected chi connectivity index (χ0v) is 9.48. The van der Waals surface area contributed by atoms with Crippen molar-refractivity contribution in [1.29, 1.82) is 0 Å². The molecule has 0 unspecified atom stereocenters. The van der Waals surface area contributed by atoms with Crippen LogP contribution in [0.5, 0.6) is 17.5 Å². The summed E-state index contributed by atoms with van der Waals surface area (Å²) in [4.78, 5) is 3.90. The van der Waals surface area contributed by atoms with Gasteiger partial charge >= 0.3 is 0 Å². The first kappa shape index (κ1) is 12.1. The van der Waals surface area contributed by atoms with Gasteiger partial charge in [-0.15, -0.1) is 0 Å². The van der Waals surface area contributed by atoms with Crippen molar-refractivity contribution >= 4 is 5.69 Å². The van der Waals surface area contributed by atoms with Crippen molar-refractivity contribution in [2.24, 2.45) is 0 Å². The maximum absolute atomic E-state index is 13.4. The van der Waals surface area contributed by atoms with Gasteiger partial charge in [0.15, 0.2) is 11.6 Å². The average molecular weight is 252 g/mol. The van der Waals surface area contributed by atoms with Gasteiger partial charge in [0.1, 0.15) is 0 Å². The van der Waals surface area contributed by atoms with E-state index < -0.39 is 11.6 Å².